The van der Waals surface area contributed by atoms with Crippen LogP contribution in [0, 0.1) is 0 Å². The highest BCUT2D eigenvalue weighted by Crippen LogP contribution is 2.26. The maximum Gasteiger partial charge on any atom is 0.340 e. The predicted molar refractivity (Wildman–Crippen MR) is 78.5 cm³/mol. The average Bonchev–Trinajstić information content (AvgIpc) is 2.86. The first-order valence-corrected chi connectivity index (χ1v) is 7.30. The lowest BCUT2D eigenvalue weighted by molar-refractivity contribution is 0.0660. The Hall–Kier alpha value is -1.85. The maximum atomic E-state index is 11.4. The van der Waals surface area contributed by atoms with E-state index in [4.69, 9.17) is 9.15 Å². The summed E-state index contributed by atoms with van der Waals surface area (Å²) in [6.45, 7) is 1.80. The van der Waals surface area contributed by atoms with Crippen LogP contribution >= 0.6 is 0 Å². The third kappa shape index (κ3) is 3.09. The molecule has 5 heteroatoms. The molecule has 3 rings (SSSR count). The zero-order valence-corrected chi connectivity index (χ0v) is 11.8. The Bertz CT molecular complexity index is 628. The lowest BCUT2D eigenvalue weighted by atomic mass is 10.1. The van der Waals surface area contributed by atoms with Crippen molar-refractivity contribution in [3.05, 3.63) is 35.6 Å². The van der Waals surface area contributed by atoms with Gasteiger partial charge in [-0.05, 0) is 25.5 Å². The van der Waals surface area contributed by atoms with Crippen LogP contribution in [-0.4, -0.2) is 30.3 Å². The SMILES string of the molecule is O=C(O)c1c(COCC2CCCCN2)oc2ccccc12. The van der Waals surface area contributed by atoms with Gasteiger partial charge >= 0.3 is 5.97 Å². The highest BCUT2D eigenvalue weighted by atomic mass is 16.5. The van der Waals surface area contributed by atoms with Crippen molar-refractivity contribution >= 4 is 16.9 Å². The summed E-state index contributed by atoms with van der Waals surface area (Å²) in [7, 11) is 0. The van der Waals surface area contributed by atoms with Crippen molar-refractivity contribution in [1.82, 2.24) is 5.32 Å². The van der Waals surface area contributed by atoms with E-state index in [2.05, 4.69) is 5.32 Å². The van der Waals surface area contributed by atoms with Gasteiger partial charge in [0.05, 0.1) is 6.61 Å². The van der Waals surface area contributed by atoms with Gasteiger partial charge in [0.2, 0.25) is 0 Å². The Balaban J connectivity index is 1.71. The lowest BCUT2D eigenvalue weighted by Crippen LogP contribution is -2.37. The number of piperidine rings is 1. The molecule has 112 valence electrons. The monoisotopic (exact) mass is 289 g/mol. The van der Waals surface area contributed by atoms with Gasteiger partial charge in [-0.2, -0.15) is 0 Å². The van der Waals surface area contributed by atoms with Gasteiger partial charge in [0.1, 0.15) is 23.5 Å². The largest absolute Gasteiger partial charge is 0.478 e. The maximum absolute atomic E-state index is 11.4. The molecular weight excluding hydrogens is 270 g/mol. The van der Waals surface area contributed by atoms with Crippen LogP contribution in [0.15, 0.2) is 28.7 Å². The smallest absolute Gasteiger partial charge is 0.340 e. The highest BCUT2D eigenvalue weighted by molar-refractivity contribution is 6.03. The number of fused-ring (bicyclic) bond motifs is 1. The summed E-state index contributed by atoms with van der Waals surface area (Å²) in [4.78, 5) is 11.4. The first-order valence-electron chi connectivity index (χ1n) is 7.30. The molecule has 0 bridgehead atoms. The van der Waals surface area contributed by atoms with E-state index >= 15 is 0 Å². The van der Waals surface area contributed by atoms with Crippen molar-refractivity contribution < 1.29 is 19.1 Å². The molecule has 0 spiro atoms. The summed E-state index contributed by atoms with van der Waals surface area (Å²) >= 11 is 0. The molecule has 2 heterocycles. The zero-order chi connectivity index (χ0) is 14.7. The molecular formula is C16H19NO4. The molecule has 1 aromatic heterocycles. The van der Waals surface area contributed by atoms with Crippen molar-refractivity contribution in [2.45, 2.75) is 31.9 Å². The first kappa shape index (κ1) is 14.1. The molecule has 1 unspecified atom stereocenters. The summed E-state index contributed by atoms with van der Waals surface area (Å²) in [5.41, 5.74) is 0.798. The molecule has 21 heavy (non-hydrogen) atoms. The van der Waals surface area contributed by atoms with Gasteiger partial charge in [0.25, 0.3) is 0 Å². The molecule has 1 aliphatic rings. The molecule has 0 saturated carbocycles. The van der Waals surface area contributed by atoms with Crippen LogP contribution in [0.5, 0.6) is 0 Å². The van der Waals surface area contributed by atoms with Gasteiger partial charge in [0.15, 0.2) is 0 Å². The third-order valence-electron chi connectivity index (χ3n) is 3.85. The van der Waals surface area contributed by atoms with E-state index in [0.717, 1.165) is 13.0 Å². The molecule has 1 atom stereocenters. The van der Waals surface area contributed by atoms with Gasteiger partial charge in [-0.25, -0.2) is 4.79 Å². The fraction of sp³-hybridized carbons (Fsp3) is 0.438. The fourth-order valence-corrected chi connectivity index (χ4v) is 2.79. The van der Waals surface area contributed by atoms with Crippen LogP contribution < -0.4 is 5.32 Å². The Morgan fingerprint density at radius 2 is 2.24 bits per heavy atom. The van der Waals surface area contributed by atoms with E-state index in [1.54, 1.807) is 18.2 Å². The van der Waals surface area contributed by atoms with Crippen molar-refractivity contribution in [2.75, 3.05) is 13.2 Å². The molecule has 2 N–H and O–H groups in total. The average molecular weight is 289 g/mol. The number of carboxylic acids is 1. The number of hydrogen-bond donors (Lipinski definition) is 2. The van der Waals surface area contributed by atoms with E-state index in [1.165, 1.54) is 12.8 Å². The Morgan fingerprint density at radius 3 is 3.00 bits per heavy atom. The van der Waals surface area contributed by atoms with Crippen LogP contribution in [0.1, 0.15) is 35.4 Å². The Labute approximate surface area is 122 Å². The summed E-state index contributed by atoms with van der Waals surface area (Å²) in [5.74, 6) is -0.589. The number of furan rings is 1. The minimum atomic E-state index is -0.977. The molecule has 0 aliphatic carbocycles. The minimum absolute atomic E-state index is 0.189. The molecule has 2 aromatic rings. The second-order valence-corrected chi connectivity index (χ2v) is 5.36. The molecule has 1 saturated heterocycles. The number of nitrogens with one attached hydrogen (secondary N) is 1. The van der Waals surface area contributed by atoms with E-state index < -0.39 is 5.97 Å². The summed E-state index contributed by atoms with van der Waals surface area (Å²) in [6, 6.07) is 7.52. The van der Waals surface area contributed by atoms with Gasteiger partial charge in [-0.15, -0.1) is 0 Å². The quantitative estimate of drug-likeness (QED) is 0.885. The van der Waals surface area contributed by atoms with Crippen molar-refractivity contribution in [1.29, 1.82) is 0 Å². The van der Waals surface area contributed by atoms with E-state index in [0.29, 0.717) is 29.4 Å². The van der Waals surface area contributed by atoms with Crippen LogP contribution in [0.2, 0.25) is 0 Å². The number of carboxylic acid groups (broad SMARTS) is 1. The van der Waals surface area contributed by atoms with Crippen molar-refractivity contribution in [2.24, 2.45) is 0 Å². The highest BCUT2D eigenvalue weighted by Gasteiger charge is 2.20. The molecule has 5 nitrogen and oxygen atoms in total. The van der Waals surface area contributed by atoms with E-state index in [9.17, 15) is 9.90 Å². The number of para-hydroxylation sites is 1. The molecule has 1 aliphatic heterocycles. The van der Waals surface area contributed by atoms with Gasteiger partial charge in [0, 0.05) is 11.4 Å². The summed E-state index contributed by atoms with van der Waals surface area (Å²) in [5, 5.41) is 13.4. The number of aromatic carboxylic acids is 1. The van der Waals surface area contributed by atoms with Gasteiger partial charge < -0.3 is 19.6 Å². The van der Waals surface area contributed by atoms with Crippen molar-refractivity contribution in [3.8, 4) is 0 Å². The van der Waals surface area contributed by atoms with Crippen LogP contribution in [0.25, 0.3) is 11.0 Å². The van der Waals surface area contributed by atoms with E-state index in [-0.39, 0.29) is 12.2 Å². The number of rotatable bonds is 5. The van der Waals surface area contributed by atoms with Gasteiger partial charge in [-0.1, -0.05) is 24.6 Å². The van der Waals surface area contributed by atoms with E-state index in [1.807, 2.05) is 6.07 Å². The normalized spacial score (nSPS) is 19.0. The number of hydrogen-bond acceptors (Lipinski definition) is 4. The topological polar surface area (TPSA) is 71.7 Å². The first-order chi connectivity index (χ1) is 10.3. The molecule has 0 amide bonds. The molecule has 1 aromatic carbocycles. The third-order valence-corrected chi connectivity index (χ3v) is 3.85. The standard InChI is InChI=1S/C16H19NO4/c18-16(19)15-12-6-1-2-7-13(12)21-14(15)10-20-9-11-5-3-4-8-17-11/h1-2,6-7,11,17H,3-5,8-10H2,(H,18,19). The molecule has 1 fully saturated rings. The fourth-order valence-electron chi connectivity index (χ4n) is 2.79. The van der Waals surface area contributed by atoms with Crippen LogP contribution in [-0.2, 0) is 11.3 Å². The van der Waals surface area contributed by atoms with Crippen LogP contribution in [0.4, 0.5) is 0 Å². The minimum Gasteiger partial charge on any atom is -0.478 e. The van der Waals surface area contributed by atoms with Crippen LogP contribution in [0.3, 0.4) is 0 Å². The lowest BCUT2D eigenvalue weighted by Gasteiger charge is -2.22. The Kier molecular flexibility index (Phi) is 4.22. The molecule has 0 radical (unpaired) electrons. The van der Waals surface area contributed by atoms with Crippen molar-refractivity contribution in [3.63, 3.8) is 0 Å². The summed E-state index contributed by atoms with van der Waals surface area (Å²) < 4.78 is 11.3. The summed E-state index contributed by atoms with van der Waals surface area (Å²) in [6.07, 6.45) is 3.53. The second kappa shape index (κ2) is 6.28. The zero-order valence-electron chi connectivity index (χ0n) is 11.8. The number of carbonyl (C=O) groups is 1. The number of ether oxygens (including phenoxy) is 1. The predicted octanol–water partition coefficient (Wildman–Crippen LogP) is 2.79. The number of benzene rings is 1. The second-order valence-electron chi connectivity index (χ2n) is 5.36. The van der Waals surface area contributed by atoms with Gasteiger partial charge in [-0.3, -0.25) is 0 Å². The Morgan fingerprint density at radius 1 is 1.38 bits per heavy atom.